The summed E-state index contributed by atoms with van der Waals surface area (Å²) < 4.78 is 38.4. The van der Waals surface area contributed by atoms with E-state index in [4.69, 9.17) is 0 Å². The van der Waals surface area contributed by atoms with Crippen LogP contribution in [0.2, 0.25) is 0 Å². The standard InChI is InChI=1S/C24H16F3NO3/c1-28(22(29)20-7-2-3-8-21(20)23(30)31)19-13-11-16(12-14-19)9-10-17-5-4-6-18(15-17)24(25,26)27/h2-8,11-15H,1H3,(H,30,31). The van der Waals surface area contributed by atoms with Gasteiger partial charge in [-0.25, -0.2) is 4.79 Å². The molecular weight excluding hydrogens is 407 g/mol. The average molecular weight is 423 g/mol. The number of carbonyl (C=O) groups is 2. The van der Waals surface area contributed by atoms with Crippen LogP contribution in [-0.2, 0) is 6.18 Å². The second kappa shape index (κ2) is 8.76. The zero-order valence-electron chi connectivity index (χ0n) is 16.3. The number of hydrogen-bond acceptors (Lipinski definition) is 2. The highest BCUT2D eigenvalue weighted by molar-refractivity contribution is 6.11. The van der Waals surface area contributed by atoms with E-state index in [1.807, 2.05) is 0 Å². The fourth-order valence-electron chi connectivity index (χ4n) is 2.84. The van der Waals surface area contributed by atoms with E-state index in [9.17, 15) is 27.9 Å². The predicted octanol–water partition coefficient (Wildman–Crippen LogP) is 5.08. The molecule has 0 radical (unpaired) electrons. The number of alkyl halides is 3. The number of anilines is 1. The van der Waals surface area contributed by atoms with Crippen LogP contribution in [0.5, 0.6) is 0 Å². The Labute approximate surface area is 176 Å². The molecule has 3 aromatic rings. The maximum Gasteiger partial charge on any atom is 0.416 e. The van der Waals surface area contributed by atoms with Gasteiger partial charge in [-0.2, -0.15) is 13.2 Å². The van der Waals surface area contributed by atoms with Crippen LogP contribution in [0, 0.1) is 11.8 Å². The third-order valence-corrected chi connectivity index (χ3v) is 4.49. The molecule has 7 heteroatoms. The van der Waals surface area contributed by atoms with Gasteiger partial charge in [0.2, 0.25) is 0 Å². The Hall–Kier alpha value is -4.05. The van der Waals surface area contributed by atoms with E-state index in [-0.39, 0.29) is 16.7 Å². The first-order valence-corrected chi connectivity index (χ1v) is 9.06. The highest BCUT2D eigenvalue weighted by atomic mass is 19.4. The predicted molar refractivity (Wildman–Crippen MR) is 110 cm³/mol. The van der Waals surface area contributed by atoms with Gasteiger partial charge in [-0.05, 0) is 54.6 Å². The lowest BCUT2D eigenvalue weighted by atomic mass is 10.1. The van der Waals surface area contributed by atoms with E-state index in [1.54, 1.807) is 30.3 Å². The molecule has 0 bridgehead atoms. The van der Waals surface area contributed by atoms with Crippen LogP contribution >= 0.6 is 0 Å². The average Bonchev–Trinajstić information content (AvgIpc) is 2.76. The molecule has 3 aromatic carbocycles. The second-order valence-corrected chi connectivity index (χ2v) is 6.59. The summed E-state index contributed by atoms with van der Waals surface area (Å²) in [4.78, 5) is 25.4. The first-order chi connectivity index (χ1) is 14.7. The summed E-state index contributed by atoms with van der Waals surface area (Å²) in [7, 11) is 1.52. The Morgan fingerprint density at radius 1 is 0.839 bits per heavy atom. The molecule has 156 valence electrons. The van der Waals surface area contributed by atoms with Crippen LogP contribution in [-0.4, -0.2) is 24.0 Å². The maximum absolute atomic E-state index is 12.8. The normalized spacial score (nSPS) is 10.7. The number of carbonyl (C=O) groups excluding carboxylic acids is 1. The van der Waals surface area contributed by atoms with Crippen LogP contribution in [0.1, 0.15) is 37.4 Å². The SMILES string of the molecule is CN(C(=O)c1ccccc1C(=O)O)c1ccc(C#Cc2cccc(C(F)(F)F)c2)cc1. The van der Waals surface area contributed by atoms with E-state index in [0.717, 1.165) is 12.1 Å². The Morgan fingerprint density at radius 3 is 2.06 bits per heavy atom. The van der Waals surface area contributed by atoms with Crippen molar-refractivity contribution in [2.45, 2.75) is 6.18 Å². The lowest BCUT2D eigenvalue weighted by Crippen LogP contribution is -2.27. The molecule has 0 fully saturated rings. The van der Waals surface area contributed by atoms with Crippen molar-refractivity contribution in [3.8, 4) is 11.8 Å². The number of rotatable bonds is 3. The molecule has 0 aromatic heterocycles. The number of benzene rings is 3. The molecule has 0 spiro atoms. The Balaban J connectivity index is 1.79. The number of halogens is 3. The summed E-state index contributed by atoms with van der Waals surface area (Å²) in [5.74, 6) is 3.80. The molecule has 0 aliphatic heterocycles. The summed E-state index contributed by atoms with van der Waals surface area (Å²) in [6.07, 6.45) is -4.43. The van der Waals surface area contributed by atoms with E-state index in [2.05, 4.69) is 11.8 Å². The van der Waals surface area contributed by atoms with Crippen molar-refractivity contribution in [1.29, 1.82) is 0 Å². The third-order valence-electron chi connectivity index (χ3n) is 4.49. The minimum atomic E-state index is -4.43. The summed E-state index contributed by atoms with van der Waals surface area (Å²) in [5, 5.41) is 9.27. The zero-order valence-corrected chi connectivity index (χ0v) is 16.3. The first kappa shape index (κ1) is 21.7. The van der Waals surface area contributed by atoms with E-state index in [0.29, 0.717) is 11.3 Å². The van der Waals surface area contributed by atoms with Gasteiger partial charge in [0, 0.05) is 23.9 Å². The number of carboxylic acids is 1. The molecule has 1 N–H and O–H groups in total. The second-order valence-electron chi connectivity index (χ2n) is 6.59. The van der Waals surface area contributed by atoms with Gasteiger partial charge in [-0.15, -0.1) is 0 Å². The van der Waals surface area contributed by atoms with E-state index >= 15 is 0 Å². The van der Waals surface area contributed by atoms with Gasteiger partial charge in [0.25, 0.3) is 5.91 Å². The van der Waals surface area contributed by atoms with Crippen molar-refractivity contribution < 1.29 is 27.9 Å². The van der Waals surface area contributed by atoms with Gasteiger partial charge in [0.15, 0.2) is 0 Å². The molecule has 0 saturated carbocycles. The minimum Gasteiger partial charge on any atom is -0.478 e. The van der Waals surface area contributed by atoms with E-state index < -0.39 is 23.6 Å². The minimum absolute atomic E-state index is 0.0610. The zero-order chi connectivity index (χ0) is 22.6. The Bertz CT molecular complexity index is 1190. The molecule has 0 saturated heterocycles. The number of hydrogen-bond donors (Lipinski definition) is 1. The molecule has 3 rings (SSSR count). The highest BCUT2D eigenvalue weighted by Gasteiger charge is 2.30. The molecular formula is C24H16F3NO3. The van der Waals surface area contributed by atoms with Crippen molar-refractivity contribution in [2.24, 2.45) is 0 Å². The van der Waals surface area contributed by atoms with Gasteiger partial charge in [-0.1, -0.05) is 30.0 Å². The summed E-state index contributed by atoms with van der Waals surface area (Å²) in [6.45, 7) is 0. The topological polar surface area (TPSA) is 57.6 Å². The molecule has 0 aliphatic rings. The molecule has 0 heterocycles. The van der Waals surface area contributed by atoms with Crippen molar-refractivity contribution in [2.75, 3.05) is 11.9 Å². The van der Waals surface area contributed by atoms with Crippen molar-refractivity contribution in [3.63, 3.8) is 0 Å². The maximum atomic E-state index is 12.8. The summed E-state index contributed by atoms with van der Waals surface area (Å²) >= 11 is 0. The monoisotopic (exact) mass is 423 g/mol. The van der Waals surface area contributed by atoms with Gasteiger partial charge in [0.05, 0.1) is 16.7 Å². The number of carboxylic acid groups (broad SMARTS) is 1. The largest absolute Gasteiger partial charge is 0.478 e. The first-order valence-electron chi connectivity index (χ1n) is 9.06. The van der Waals surface area contributed by atoms with Gasteiger partial charge >= 0.3 is 12.1 Å². The lowest BCUT2D eigenvalue weighted by molar-refractivity contribution is -0.137. The number of aromatic carboxylic acids is 1. The van der Waals surface area contributed by atoms with Crippen molar-refractivity contribution >= 4 is 17.6 Å². The molecule has 0 aliphatic carbocycles. The fraction of sp³-hybridized carbons (Fsp3) is 0.0833. The highest BCUT2D eigenvalue weighted by Crippen LogP contribution is 2.29. The molecule has 0 unspecified atom stereocenters. The molecule has 31 heavy (non-hydrogen) atoms. The fourth-order valence-corrected chi connectivity index (χ4v) is 2.84. The van der Waals surface area contributed by atoms with Gasteiger partial charge < -0.3 is 10.0 Å². The number of amides is 1. The summed E-state index contributed by atoms with van der Waals surface area (Å²) in [5.41, 5.74) is 0.490. The van der Waals surface area contributed by atoms with Crippen molar-refractivity contribution in [1.82, 2.24) is 0 Å². The summed E-state index contributed by atoms with van der Waals surface area (Å²) in [6, 6.07) is 17.2. The molecule has 1 amide bonds. The quantitative estimate of drug-likeness (QED) is 0.598. The van der Waals surface area contributed by atoms with Gasteiger partial charge in [0.1, 0.15) is 0 Å². The van der Waals surface area contributed by atoms with Crippen LogP contribution in [0.3, 0.4) is 0 Å². The third kappa shape index (κ3) is 5.11. The number of nitrogens with zero attached hydrogens (tertiary/aromatic N) is 1. The molecule has 4 nitrogen and oxygen atoms in total. The Kier molecular flexibility index (Phi) is 6.12. The van der Waals surface area contributed by atoms with Crippen LogP contribution < -0.4 is 4.90 Å². The lowest BCUT2D eigenvalue weighted by Gasteiger charge is -2.18. The van der Waals surface area contributed by atoms with Crippen LogP contribution in [0.25, 0.3) is 0 Å². The molecule has 0 atom stereocenters. The van der Waals surface area contributed by atoms with E-state index in [1.165, 1.54) is 42.3 Å². The van der Waals surface area contributed by atoms with Crippen molar-refractivity contribution in [3.05, 3.63) is 101 Å². The Morgan fingerprint density at radius 2 is 1.45 bits per heavy atom. The smallest absolute Gasteiger partial charge is 0.416 e. The van der Waals surface area contributed by atoms with Crippen LogP contribution in [0.15, 0.2) is 72.8 Å². The van der Waals surface area contributed by atoms with Gasteiger partial charge in [-0.3, -0.25) is 4.79 Å². The van der Waals surface area contributed by atoms with Crippen LogP contribution in [0.4, 0.5) is 18.9 Å².